The van der Waals surface area contributed by atoms with Gasteiger partial charge in [-0.15, -0.1) is 0 Å². The van der Waals surface area contributed by atoms with E-state index >= 15 is 0 Å². The van der Waals surface area contributed by atoms with Gasteiger partial charge >= 0.3 is 18.0 Å². The highest BCUT2D eigenvalue weighted by Gasteiger charge is 2.20. The van der Waals surface area contributed by atoms with Gasteiger partial charge in [0.25, 0.3) is 0 Å². The lowest BCUT2D eigenvalue weighted by Gasteiger charge is -2.26. The van der Waals surface area contributed by atoms with Crippen LogP contribution < -0.4 is 5.32 Å². The zero-order valence-electron chi connectivity index (χ0n) is 37.8. The predicted octanol–water partition coefficient (Wildman–Crippen LogP) is 11.7. The third-order valence-electron chi connectivity index (χ3n) is 10.1. The zero-order valence-corrected chi connectivity index (χ0v) is 37.8. The third kappa shape index (κ3) is 37.0. The fourth-order valence-electron chi connectivity index (χ4n) is 6.64. The first-order valence-corrected chi connectivity index (χ1v) is 23.2. The Labute approximate surface area is 350 Å². The highest BCUT2D eigenvalue weighted by atomic mass is 16.6. The van der Waals surface area contributed by atoms with Crippen molar-refractivity contribution < 1.29 is 28.6 Å². The lowest BCUT2D eigenvalue weighted by molar-refractivity contribution is -0.152. The predicted molar refractivity (Wildman–Crippen MR) is 239 cm³/mol. The van der Waals surface area contributed by atoms with Crippen molar-refractivity contribution in [2.24, 2.45) is 4.99 Å². The van der Waals surface area contributed by atoms with E-state index in [0.717, 1.165) is 70.2 Å². The number of allylic oxidation sites excluding steroid dienone is 4. The molecule has 0 aliphatic carbocycles. The zero-order chi connectivity index (χ0) is 42.0. The number of ether oxygens (including phenoxy) is 3. The number of nitrogens with zero attached hydrogens (tertiary/aromatic N) is 3. The Balaban J connectivity index is 4.45. The molecule has 0 rings (SSSR count). The maximum Gasteiger partial charge on any atom is 0.407 e. The first-order valence-electron chi connectivity index (χ1n) is 23.2. The Bertz CT molecular complexity index is 991. The van der Waals surface area contributed by atoms with E-state index in [4.69, 9.17) is 14.2 Å². The van der Waals surface area contributed by atoms with Crippen molar-refractivity contribution in [3.63, 3.8) is 0 Å². The van der Waals surface area contributed by atoms with Crippen LogP contribution in [0.1, 0.15) is 194 Å². The highest BCUT2D eigenvalue weighted by Crippen LogP contribution is 2.13. The van der Waals surface area contributed by atoms with E-state index in [1.807, 2.05) is 30.9 Å². The molecule has 0 aromatic rings. The summed E-state index contributed by atoms with van der Waals surface area (Å²) in [6.45, 7) is 5.02. The van der Waals surface area contributed by atoms with Crippen molar-refractivity contribution >= 4 is 24.0 Å². The molecule has 0 spiro atoms. The summed E-state index contributed by atoms with van der Waals surface area (Å²) in [6, 6.07) is 0. The van der Waals surface area contributed by atoms with Gasteiger partial charge in [-0.1, -0.05) is 141 Å². The van der Waals surface area contributed by atoms with Gasteiger partial charge in [0.05, 0.1) is 0 Å². The van der Waals surface area contributed by atoms with Crippen LogP contribution in [0.25, 0.3) is 0 Å². The van der Waals surface area contributed by atoms with Crippen LogP contribution in [0.3, 0.4) is 0 Å². The second kappa shape index (κ2) is 41.1. The molecule has 0 fully saturated rings. The van der Waals surface area contributed by atoms with Crippen molar-refractivity contribution in [1.29, 1.82) is 0 Å². The number of nitrogens with one attached hydrogen (secondary N) is 1. The molecular weight excluding hydrogens is 717 g/mol. The molecule has 0 saturated carbocycles. The number of unbranched alkanes of at least 4 members (excludes halogenated alkanes) is 22. The van der Waals surface area contributed by atoms with Crippen molar-refractivity contribution in [2.45, 2.75) is 200 Å². The van der Waals surface area contributed by atoms with Crippen LogP contribution in [0.15, 0.2) is 29.3 Å². The van der Waals surface area contributed by atoms with Gasteiger partial charge in [-0.05, 0) is 64.2 Å². The minimum Gasteiger partial charge on any atom is -0.462 e. The van der Waals surface area contributed by atoms with Crippen LogP contribution in [-0.2, 0) is 23.8 Å². The van der Waals surface area contributed by atoms with Crippen LogP contribution in [0.2, 0.25) is 0 Å². The average Bonchev–Trinajstić information content (AvgIpc) is 3.19. The molecule has 0 heterocycles. The molecule has 0 aromatic heterocycles. The standard InChI is InChI=1S/C47H88N4O6/c1-7-9-11-13-15-17-19-21-23-25-27-29-31-33-35-37-44(52)55-41-43(57-47(54)49-39-40-51(6)46(48-3)50(4)5)42-56-45(53)38-36-34-32-30-28-26-24-22-20-18-16-14-12-10-8-2/h21-24,43H,7-20,25-42H2,1-6H3,(H,49,54). The molecule has 1 N–H and O–H groups in total. The van der Waals surface area contributed by atoms with Crippen LogP contribution >= 0.6 is 0 Å². The number of rotatable bonds is 38. The smallest absolute Gasteiger partial charge is 0.407 e. The van der Waals surface area contributed by atoms with E-state index in [9.17, 15) is 14.4 Å². The topological polar surface area (TPSA) is 110 Å². The van der Waals surface area contributed by atoms with E-state index in [0.29, 0.717) is 25.9 Å². The quantitative estimate of drug-likeness (QED) is 0.0164. The number of hydrogen-bond acceptors (Lipinski definition) is 7. The minimum absolute atomic E-state index is 0.162. The number of carbonyl (C=O) groups excluding carboxylic acids is 3. The second-order valence-electron chi connectivity index (χ2n) is 15.8. The molecule has 0 radical (unpaired) electrons. The lowest BCUT2D eigenvalue weighted by Crippen LogP contribution is -2.43. The maximum atomic E-state index is 12.7. The Morgan fingerprint density at radius 3 is 1.30 bits per heavy atom. The minimum atomic E-state index is -0.895. The first-order chi connectivity index (χ1) is 27.7. The number of carbonyl (C=O) groups is 3. The molecular formula is C47H88N4O6. The molecule has 10 nitrogen and oxygen atoms in total. The van der Waals surface area contributed by atoms with E-state index < -0.39 is 12.2 Å². The molecule has 0 atom stereocenters. The highest BCUT2D eigenvalue weighted by molar-refractivity contribution is 5.79. The lowest BCUT2D eigenvalue weighted by atomic mass is 10.1. The van der Waals surface area contributed by atoms with Crippen LogP contribution in [0.5, 0.6) is 0 Å². The van der Waals surface area contributed by atoms with Gasteiger partial charge < -0.3 is 29.3 Å². The number of esters is 2. The van der Waals surface area contributed by atoms with Gasteiger partial charge in [0.15, 0.2) is 12.1 Å². The number of alkyl carbamates (subject to hydrolysis) is 1. The number of amides is 1. The summed E-state index contributed by atoms with van der Waals surface area (Å²) in [6.07, 6.45) is 39.3. The largest absolute Gasteiger partial charge is 0.462 e. The average molecular weight is 805 g/mol. The monoisotopic (exact) mass is 805 g/mol. The van der Waals surface area contributed by atoms with Crippen molar-refractivity contribution in [3.05, 3.63) is 24.3 Å². The summed E-state index contributed by atoms with van der Waals surface area (Å²) in [7, 11) is 7.42. The van der Waals surface area contributed by atoms with Gasteiger partial charge in [0, 0.05) is 54.1 Å². The molecule has 57 heavy (non-hydrogen) atoms. The number of aliphatic imine (C=N–C) groups is 1. The first kappa shape index (κ1) is 54.0. The molecule has 0 unspecified atom stereocenters. The third-order valence-corrected chi connectivity index (χ3v) is 10.1. The summed E-state index contributed by atoms with van der Waals surface area (Å²) < 4.78 is 16.5. The molecule has 1 amide bonds. The van der Waals surface area contributed by atoms with E-state index in [1.54, 1.807) is 7.05 Å². The summed E-state index contributed by atoms with van der Waals surface area (Å²) in [5.74, 6) is 0.107. The van der Waals surface area contributed by atoms with Gasteiger partial charge in [-0.2, -0.15) is 0 Å². The van der Waals surface area contributed by atoms with Crippen molar-refractivity contribution in [2.75, 3.05) is 54.5 Å². The van der Waals surface area contributed by atoms with E-state index in [2.05, 4.69) is 48.5 Å². The summed E-state index contributed by atoms with van der Waals surface area (Å²) in [4.78, 5) is 45.8. The SMILES string of the molecule is CCCCCCCCC=CCCCCCCCC(=O)OCC(COC(=O)CCCCCCCC=CCCCCCCCC)OC(=O)NCCN(C)C(=NC)N(C)C. The molecule has 10 heteroatoms. The molecule has 0 aliphatic rings. The van der Waals surface area contributed by atoms with Gasteiger partial charge in [0.1, 0.15) is 13.2 Å². The fourth-order valence-corrected chi connectivity index (χ4v) is 6.64. The van der Waals surface area contributed by atoms with Gasteiger partial charge in [-0.3, -0.25) is 14.6 Å². The Morgan fingerprint density at radius 1 is 0.561 bits per heavy atom. The molecule has 0 aromatic carbocycles. The number of guanidine groups is 1. The summed E-state index contributed by atoms with van der Waals surface area (Å²) >= 11 is 0. The van der Waals surface area contributed by atoms with Gasteiger partial charge in [0.2, 0.25) is 0 Å². The van der Waals surface area contributed by atoms with Crippen LogP contribution in [0, 0.1) is 0 Å². The number of likely N-dealkylation sites (N-methyl/N-ethyl adjacent to an activating group) is 1. The van der Waals surface area contributed by atoms with E-state index in [-0.39, 0.29) is 25.2 Å². The van der Waals surface area contributed by atoms with Crippen LogP contribution in [0.4, 0.5) is 4.79 Å². The van der Waals surface area contributed by atoms with Crippen molar-refractivity contribution in [1.82, 2.24) is 15.1 Å². The Hall–Kier alpha value is -3.04. The molecule has 332 valence electrons. The fraction of sp³-hybridized carbons (Fsp3) is 0.830. The Kier molecular flexibility index (Phi) is 38.9. The molecule has 0 bridgehead atoms. The normalized spacial score (nSPS) is 12.3. The summed E-state index contributed by atoms with van der Waals surface area (Å²) in [5, 5.41) is 2.74. The van der Waals surface area contributed by atoms with E-state index in [1.165, 1.54) is 103 Å². The second-order valence-corrected chi connectivity index (χ2v) is 15.8. The Morgan fingerprint density at radius 2 is 0.930 bits per heavy atom. The van der Waals surface area contributed by atoms with Crippen molar-refractivity contribution in [3.8, 4) is 0 Å². The maximum absolute atomic E-state index is 12.7. The van der Waals surface area contributed by atoms with Gasteiger partial charge in [-0.25, -0.2) is 4.79 Å². The molecule has 0 aliphatic heterocycles. The molecule has 0 saturated heterocycles. The van der Waals surface area contributed by atoms with Crippen LogP contribution in [-0.4, -0.2) is 94.4 Å². The summed E-state index contributed by atoms with van der Waals surface area (Å²) in [5.41, 5.74) is 0. The number of hydrogen-bond donors (Lipinski definition) is 1.